The summed E-state index contributed by atoms with van der Waals surface area (Å²) in [6.45, 7) is 0. The molecule has 1 aromatic heterocycles. The molecule has 0 saturated heterocycles. The van der Waals surface area contributed by atoms with Crippen LogP contribution in [0.4, 0.5) is 5.69 Å². The fourth-order valence-corrected chi connectivity index (χ4v) is 2.78. The first-order valence-corrected chi connectivity index (χ1v) is 6.47. The Hall–Kier alpha value is -1.46. The van der Waals surface area contributed by atoms with Crippen LogP contribution in [0.3, 0.4) is 0 Å². The highest BCUT2D eigenvalue weighted by Gasteiger charge is 2.11. The van der Waals surface area contributed by atoms with Crippen molar-refractivity contribution in [1.29, 1.82) is 0 Å². The normalized spacial score (nSPS) is 9.94. The molecule has 0 atom stereocenters. The zero-order chi connectivity index (χ0) is 12.3. The van der Waals surface area contributed by atoms with Crippen LogP contribution in [-0.2, 0) is 0 Å². The molecule has 0 bridgehead atoms. The Morgan fingerprint density at radius 1 is 1.35 bits per heavy atom. The molecule has 1 N–H and O–H groups in total. The Bertz CT molecular complexity index is 565. The third-order valence-electron chi connectivity index (χ3n) is 2.10. The number of anilines is 1. The summed E-state index contributed by atoms with van der Waals surface area (Å²) in [5.41, 5.74) is 1.15. The van der Waals surface area contributed by atoms with Gasteiger partial charge in [0.2, 0.25) is 0 Å². The Labute approximate surface area is 111 Å². The zero-order valence-electron chi connectivity index (χ0n) is 8.64. The van der Waals surface area contributed by atoms with Crippen LogP contribution in [0.1, 0.15) is 20.0 Å². The van der Waals surface area contributed by atoms with Crippen molar-refractivity contribution in [2.24, 2.45) is 0 Å². The molecule has 17 heavy (non-hydrogen) atoms. The molecule has 3 nitrogen and oxygen atoms in total. The molecule has 0 saturated carbocycles. The van der Waals surface area contributed by atoms with Crippen molar-refractivity contribution in [2.45, 2.75) is 0 Å². The molecular weight excluding hydrogens is 302 g/mol. The van der Waals surface area contributed by atoms with Gasteiger partial charge in [0, 0.05) is 15.7 Å². The number of thiophene rings is 1. The number of hydrogen-bond acceptors (Lipinski definition) is 3. The number of carbonyl (C=O) groups excluding carboxylic acids is 2. The molecule has 0 spiro atoms. The lowest BCUT2D eigenvalue weighted by molar-refractivity contribution is 0.102. The Morgan fingerprint density at radius 2 is 2.18 bits per heavy atom. The maximum atomic E-state index is 11.9. The van der Waals surface area contributed by atoms with Crippen LogP contribution in [0.2, 0.25) is 0 Å². The highest BCUT2D eigenvalue weighted by molar-refractivity contribution is 9.10. The van der Waals surface area contributed by atoms with Crippen LogP contribution in [0.5, 0.6) is 0 Å². The van der Waals surface area contributed by atoms with E-state index in [0.29, 0.717) is 16.1 Å². The Balaban J connectivity index is 2.18. The van der Waals surface area contributed by atoms with E-state index in [1.54, 1.807) is 24.3 Å². The van der Waals surface area contributed by atoms with Gasteiger partial charge < -0.3 is 5.32 Å². The number of amides is 1. The van der Waals surface area contributed by atoms with Gasteiger partial charge in [0.1, 0.15) is 11.2 Å². The van der Waals surface area contributed by atoms with Crippen molar-refractivity contribution in [1.82, 2.24) is 0 Å². The first kappa shape index (κ1) is 12.0. The van der Waals surface area contributed by atoms with Crippen molar-refractivity contribution in [3.05, 3.63) is 50.6 Å². The summed E-state index contributed by atoms with van der Waals surface area (Å²) >= 11 is 4.66. The van der Waals surface area contributed by atoms with Gasteiger partial charge in [-0.3, -0.25) is 9.59 Å². The molecule has 0 unspecified atom stereocenters. The van der Waals surface area contributed by atoms with E-state index in [4.69, 9.17) is 0 Å². The number of benzene rings is 1. The van der Waals surface area contributed by atoms with Crippen molar-refractivity contribution in [3.63, 3.8) is 0 Å². The van der Waals surface area contributed by atoms with Gasteiger partial charge in [0.15, 0.2) is 0 Å². The SMILES string of the molecule is O=Cc1cccc(NC(=O)c2sccc2Br)c1. The predicted octanol–water partition coefficient (Wildman–Crippen LogP) is 3.58. The van der Waals surface area contributed by atoms with E-state index >= 15 is 0 Å². The molecular formula is C12H8BrNO2S. The number of rotatable bonds is 3. The quantitative estimate of drug-likeness (QED) is 0.881. The lowest BCUT2D eigenvalue weighted by Gasteiger charge is -2.04. The largest absolute Gasteiger partial charge is 0.321 e. The van der Waals surface area contributed by atoms with E-state index in [9.17, 15) is 9.59 Å². The highest BCUT2D eigenvalue weighted by atomic mass is 79.9. The van der Waals surface area contributed by atoms with E-state index in [-0.39, 0.29) is 5.91 Å². The summed E-state index contributed by atoms with van der Waals surface area (Å²) in [4.78, 5) is 23.1. The molecule has 0 fully saturated rings. The molecule has 0 aliphatic carbocycles. The molecule has 2 rings (SSSR count). The zero-order valence-corrected chi connectivity index (χ0v) is 11.0. The van der Waals surface area contributed by atoms with Gasteiger partial charge in [0.25, 0.3) is 5.91 Å². The fraction of sp³-hybridized carbons (Fsp3) is 0. The minimum absolute atomic E-state index is 0.185. The Morgan fingerprint density at radius 3 is 2.82 bits per heavy atom. The lowest BCUT2D eigenvalue weighted by Crippen LogP contribution is -2.10. The highest BCUT2D eigenvalue weighted by Crippen LogP contribution is 2.23. The monoisotopic (exact) mass is 309 g/mol. The van der Waals surface area contributed by atoms with Gasteiger partial charge >= 0.3 is 0 Å². The van der Waals surface area contributed by atoms with E-state index in [1.807, 2.05) is 11.4 Å². The molecule has 0 radical (unpaired) electrons. The topological polar surface area (TPSA) is 46.2 Å². The number of halogens is 1. The molecule has 5 heteroatoms. The van der Waals surface area contributed by atoms with Crippen molar-refractivity contribution < 1.29 is 9.59 Å². The van der Waals surface area contributed by atoms with E-state index in [2.05, 4.69) is 21.2 Å². The summed E-state index contributed by atoms with van der Waals surface area (Å²) in [5, 5.41) is 4.58. The molecule has 86 valence electrons. The van der Waals surface area contributed by atoms with Crippen LogP contribution in [0, 0.1) is 0 Å². The molecule has 0 aliphatic rings. The number of nitrogens with one attached hydrogen (secondary N) is 1. The smallest absolute Gasteiger partial charge is 0.266 e. The average molecular weight is 310 g/mol. The van der Waals surface area contributed by atoms with Gasteiger partial charge in [-0.15, -0.1) is 11.3 Å². The summed E-state index contributed by atoms with van der Waals surface area (Å²) < 4.78 is 0.770. The van der Waals surface area contributed by atoms with Crippen LogP contribution in [0.25, 0.3) is 0 Å². The second kappa shape index (κ2) is 5.25. The summed E-state index contributed by atoms with van der Waals surface area (Å²) in [7, 11) is 0. The van der Waals surface area contributed by atoms with E-state index in [1.165, 1.54) is 11.3 Å². The van der Waals surface area contributed by atoms with Gasteiger partial charge in [-0.05, 0) is 39.5 Å². The first-order valence-electron chi connectivity index (χ1n) is 4.80. The third-order valence-corrected chi connectivity index (χ3v) is 3.94. The second-order valence-electron chi connectivity index (χ2n) is 3.30. The van der Waals surface area contributed by atoms with Gasteiger partial charge in [-0.2, -0.15) is 0 Å². The van der Waals surface area contributed by atoms with Gasteiger partial charge in [0.05, 0.1) is 0 Å². The molecule has 1 amide bonds. The van der Waals surface area contributed by atoms with Gasteiger partial charge in [-0.25, -0.2) is 0 Å². The maximum absolute atomic E-state index is 11.9. The summed E-state index contributed by atoms with van der Waals surface area (Å²) in [5.74, 6) is -0.185. The van der Waals surface area contributed by atoms with Crippen LogP contribution in [-0.4, -0.2) is 12.2 Å². The van der Waals surface area contributed by atoms with Crippen molar-refractivity contribution >= 4 is 45.1 Å². The van der Waals surface area contributed by atoms with Gasteiger partial charge in [-0.1, -0.05) is 12.1 Å². The minimum Gasteiger partial charge on any atom is -0.321 e. The number of carbonyl (C=O) groups is 2. The molecule has 1 aromatic carbocycles. The number of hydrogen-bond donors (Lipinski definition) is 1. The summed E-state index contributed by atoms with van der Waals surface area (Å²) in [6, 6.07) is 8.60. The van der Waals surface area contributed by atoms with E-state index in [0.717, 1.165) is 10.8 Å². The van der Waals surface area contributed by atoms with Crippen LogP contribution in [0.15, 0.2) is 40.2 Å². The minimum atomic E-state index is -0.185. The van der Waals surface area contributed by atoms with Crippen molar-refractivity contribution in [3.8, 4) is 0 Å². The first-order chi connectivity index (χ1) is 8.20. The standard InChI is InChI=1S/C12H8BrNO2S/c13-10-4-5-17-11(10)12(16)14-9-3-1-2-8(6-9)7-15/h1-7H,(H,14,16). The second-order valence-corrected chi connectivity index (χ2v) is 5.07. The lowest BCUT2D eigenvalue weighted by atomic mass is 10.2. The van der Waals surface area contributed by atoms with E-state index < -0.39 is 0 Å². The number of aldehydes is 1. The summed E-state index contributed by atoms with van der Waals surface area (Å²) in [6.07, 6.45) is 0.747. The Kier molecular flexibility index (Phi) is 3.71. The molecule has 2 aromatic rings. The third kappa shape index (κ3) is 2.81. The fourth-order valence-electron chi connectivity index (χ4n) is 1.33. The molecule has 1 heterocycles. The predicted molar refractivity (Wildman–Crippen MR) is 71.8 cm³/mol. The van der Waals surface area contributed by atoms with Crippen molar-refractivity contribution in [2.75, 3.05) is 5.32 Å². The maximum Gasteiger partial charge on any atom is 0.266 e. The van der Waals surface area contributed by atoms with Crippen LogP contribution >= 0.6 is 27.3 Å². The average Bonchev–Trinajstić information content (AvgIpc) is 2.76. The van der Waals surface area contributed by atoms with Crippen LogP contribution < -0.4 is 5.32 Å². The molecule has 0 aliphatic heterocycles.